The largest absolute Gasteiger partial charge is 0.497 e. The Labute approximate surface area is 188 Å². The Kier molecular flexibility index (Phi) is 5.16. The first-order chi connectivity index (χ1) is 16.1. The molecule has 8 nitrogen and oxygen atoms in total. The van der Waals surface area contributed by atoms with Crippen LogP contribution in [0, 0.1) is 0 Å². The number of rotatable bonds is 5. The summed E-state index contributed by atoms with van der Waals surface area (Å²) in [7, 11) is 1.58. The number of anilines is 1. The molecular weight excluding hydrogens is 420 g/mol. The molecule has 5 aromatic rings. The summed E-state index contributed by atoms with van der Waals surface area (Å²) < 4.78 is 11.9. The number of aromatic nitrogens is 3. The summed E-state index contributed by atoms with van der Waals surface area (Å²) in [5, 5.41) is 7.15. The van der Waals surface area contributed by atoms with E-state index < -0.39 is 0 Å². The first-order valence-electron chi connectivity index (χ1n) is 10.1. The lowest BCUT2D eigenvalue weighted by Gasteiger charge is -2.08. The minimum absolute atomic E-state index is 0.154. The molecule has 0 saturated carbocycles. The molecule has 2 heterocycles. The molecule has 0 aliphatic heterocycles. The van der Waals surface area contributed by atoms with Crippen molar-refractivity contribution < 1.29 is 14.1 Å². The zero-order valence-electron chi connectivity index (χ0n) is 17.6. The first kappa shape index (κ1) is 20.2. The third-order valence-electron chi connectivity index (χ3n) is 5.20. The van der Waals surface area contributed by atoms with E-state index in [9.17, 15) is 9.59 Å². The summed E-state index contributed by atoms with van der Waals surface area (Å²) in [6.07, 6.45) is 1.38. The van der Waals surface area contributed by atoms with E-state index in [2.05, 4.69) is 15.5 Å². The van der Waals surface area contributed by atoms with Crippen LogP contribution in [0.1, 0.15) is 10.4 Å². The van der Waals surface area contributed by atoms with Crippen molar-refractivity contribution in [1.29, 1.82) is 0 Å². The lowest BCUT2D eigenvalue weighted by molar-refractivity contribution is 0.102. The van der Waals surface area contributed by atoms with Gasteiger partial charge >= 0.3 is 0 Å². The average molecular weight is 438 g/mol. The van der Waals surface area contributed by atoms with Crippen molar-refractivity contribution in [1.82, 2.24) is 14.7 Å². The van der Waals surface area contributed by atoms with E-state index in [-0.39, 0.29) is 22.6 Å². The second kappa shape index (κ2) is 8.43. The number of carbonyl (C=O) groups excluding carboxylic acids is 1. The number of amides is 1. The van der Waals surface area contributed by atoms with Crippen molar-refractivity contribution in [2.75, 3.05) is 12.4 Å². The van der Waals surface area contributed by atoms with Crippen LogP contribution in [0.2, 0.25) is 0 Å². The van der Waals surface area contributed by atoms with Gasteiger partial charge in [0.2, 0.25) is 0 Å². The predicted molar refractivity (Wildman–Crippen MR) is 124 cm³/mol. The van der Waals surface area contributed by atoms with Crippen molar-refractivity contribution >= 4 is 22.7 Å². The number of para-hydroxylation sites is 1. The second-order valence-electron chi connectivity index (χ2n) is 7.23. The highest BCUT2D eigenvalue weighted by Gasteiger charge is 2.18. The molecule has 0 aliphatic carbocycles. The van der Waals surface area contributed by atoms with Crippen LogP contribution in [0.5, 0.6) is 5.75 Å². The highest BCUT2D eigenvalue weighted by Crippen LogP contribution is 2.26. The van der Waals surface area contributed by atoms with Crippen LogP contribution in [-0.2, 0) is 0 Å². The normalized spacial score (nSPS) is 10.8. The molecule has 0 radical (unpaired) electrons. The molecule has 1 amide bonds. The van der Waals surface area contributed by atoms with Crippen LogP contribution in [0.3, 0.4) is 0 Å². The number of ether oxygens (including phenoxy) is 1. The molecule has 1 N–H and O–H groups in total. The fourth-order valence-electron chi connectivity index (χ4n) is 3.47. The number of benzene rings is 3. The molecule has 33 heavy (non-hydrogen) atoms. The van der Waals surface area contributed by atoms with E-state index in [1.54, 1.807) is 55.6 Å². The van der Waals surface area contributed by atoms with Crippen LogP contribution in [0.4, 0.5) is 5.69 Å². The van der Waals surface area contributed by atoms with E-state index in [0.29, 0.717) is 33.9 Å². The van der Waals surface area contributed by atoms with Gasteiger partial charge in [-0.1, -0.05) is 23.4 Å². The van der Waals surface area contributed by atoms with Crippen LogP contribution in [0.15, 0.2) is 94.5 Å². The number of carbonyl (C=O) groups is 1. The summed E-state index contributed by atoms with van der Waals surface area (Å²) in [6.45, 7) is 0. The monoisotopic (exact) mass is 438 g/mol. The summed E-state index contributed by atoms with van der Waals surface area (Å²) in [5.74, 6) is 0.452. The Morgan fingerprint density at radius 1 is 0.970 bits per heavy atom. The Bertz CT molecular complexity index is 1490. The number of fused-ring (bicyclic) bond motifs is 1. The molecule has 2 aromatic heterocycles. The molecule has 0 atom stereocenters. The lowest BCUT2D eigenvalue weighted by atomic mass is 10.1. The molecule has 0 bridgehead atoms. The standard InChI is InChI=1S/C25H18N4O4/c1-32-20-13-9-16(10-14-20)22-21-24(33-28-22)26-15-29(25(21)31)19-11-7-17(8-12-19)23(30)27-18-5-3-2-4-6-18/h2-15H,1H3,(H,27,30). The zero-order valence-corrected chi connectivity index (χ0v) is 17.6. The van der Waals surface area contributed by atoms with Gasteiger partial charge in [0.05, 0.1) is 12.8 Å². The number of methoxy groups -OCH3 is 1. The van der Waals surface area contributed by atoms with E-state index in [4.69, 9.17) is 9.26 Å². The molecule has 0 saturated heterocycles. The average Bonchev–Trinajstić information content (AvgIpc) is 3.30. The fraction of sp³-hybridized carbons (Fsp3) is 0.0400. The minimum Gasteiger partial charge on any atom is -0.497 e. The third-order valence-corrected chi connectivity index (χ3v) is 5.20. The smallest absolute Gasteiger partial charge is 0.271 e. The van der Waals surface area contributed by atoms with Crippen LogP contribution >= 0.6 is 0 Å². The van der Waals surface area contributed by atoms with Gasteiger partial charge in [-0.2, -0.15) is 0 Å². The Hall–Kier alpha value is -4.72. The van der Waals surface area contributed by atoms with Crippen molar-refractivity contribution in [3.8, 4) is 22.7 Å². The summed E-state index contributed by atoms with van der Waals surface area (Å²) in [5.41, 5.74) is 2.67. The van der Waals surface area contributed by atoms with Gasteiger partial charge in [-0.3, -0.25) is 14.2 Å². The number of nitrogens with one attached hydrogen (secondary N) is 1. The van der Waals surface area contributed by atoms with Crippen molar-refractivity contribution in [3.05, 3.63) is 101 Å². The Balaban J connectivity index is 1.48. The maximum absolute atomic E-state index is 13.3. The predicted octanol–water partition coefficient (Wildman–Crippen LogP) is 4.30. The third kappa shape index (κ3) is 3.85. The molecule has 0 fully saturated rings. The van der Waals surface area contributed by atoms with Gasteiger partial charge in [0, 0.05) is 16.8 Å². The lowest BCUT2D eigenvalue weighted by Crippen LogP contribution is -2.19. The highest BCUT2D eigenvalue weighted by molar-refractivity contribution is 6.04. The summed E-state index contributed by atoms with van der Waals surface area (Å²) in [6, 6.07) is 23.0. The van der Waals surface area contributed by atoms with E-state index in [0.717, 1.165) is 0 Å². The van der Waals surface area contributed by atoms with E-state index in [1.807, 2.05) is 30.3 Å². The van der Waals surface area contributed by atoms with Crippen molar-refractivity contribution in [3.63, 3.8) is 0 Å². The fourth-order valence-corrected chi connectivity index (χ4v) is 3.47. The van der Waals surface area contributed by atoms with Crippen LogP contribution < -0.4 is 15.6 Å². The van der Waals surface area contributed by atoms with Crippen LogP contribution in [0.25, 0.3) is 28.0 Å². The Morgan fingerprint density at radius 2 is 1.70 bits per heavy atom. The highest BCUT2D eigenvalue weighted by atomic mass is 16.5. The molecular formula is C25H18N4O4. The molecule has 3 aromatic carbocycles. The maximum Gasteiger partial charge on any atom is 0.271 e. The minimum atomic E-state index is -0.325. The van der Waals surface area contributed by atoms with Crippen molar-refractivity contribution in [2.24, 2.45) is 0 Å². The topological polar surface area (TPSA) is 99.2 Å². The number of hydrogen-bond acceptors (Lipinski definition) is 6. The number of nitrogens with zero attached hydrogens (tertiary/aromatic N) is 3. The van der Waals surface area contributed by atoms with Crippen molar-refractivity contribution in [2.45, 2.75) is 0 Å². The molecule has 0 unspecified atom stereocenters. The van der Waals surface area contributed by atoms with Gasteiger partial charge in [-0.25, -0.2) is 4.98 Å². The van der Waals surface area contributed by atoms with E-state index in [1.165, 1.54) is 10.9 Å². The quantitative estimate of drug-likeness (QED) is 0.439. The maximum atomic E-state index is 13.3. The van der Waals surface area contributed by atoms with Gasteiger partial charge in [-0.05, 0) is 60.7 Å². The summed E-state index contributed by atoms with van der Waals surface area (Å²) in [4.78, 5) is 30.0. The molecule has 0 aliphatic rings. The van der Waals surface area contributed by atoms with Gasteiger partial charge in [0.1, 0.15) is 23.2 Å². The Morgan fingerprint density at radius 3 is 2.39 bits per heavy atom. The van der Waals surface area contributed by atoms with E-state index >= 15 is 0 Å². The molecule has 8 heteroatoms. The van der Waals surface area contributed by atoms with Crippen LogP contribution in [-0.4, -0.2) is 27.7 Å². The van der Waals surface area contributed by atoms with Gasteiger partial charge in [0.25, 0.3) is 17.2 Å². The molecule has 5 rings (SSSR count). The second-order valence-corrected chi connectivity index (χ2v) is 7.23. The van der Waals surface area contributed by atoms with Gasteiger partial charge in [-0.15, -0.1) is 0 Å². The zero-order chi connectivity index (χ0) is 22.8. The molecule has 0 spiro atoms. The summed E-state index contributed by atoms with van der Waals surface area (Å²) >= 11 is 0. The van der Waals surface area contributed by atoms with Gasteiger partial charge in [0.15, 0.2) is 0 Å². The van der Waals surface area contributed by atoms with Gasteiger partial charge < -0.3 is 14.6 Å². The first-order valence-corrected chi connectivity index (χ1v) is 10.1. The molecule has 162 valence electrons. The number of hydrogen-bond donors (Lipinski definition) is 1. The SMILES string of the molecule is COc1ccc(-c2noc3ncn(-c4ccc(C(=O)Nc5ccccc5)cc4)c(=O)c23)cc1.